The molecule has 19 heavy (non-hydrogen) atoms. The molecule has 0 fully saturated rings. The van der Waals surface area contributed by atoms with Crippen molar-refractivity contribution in [2.24, 2.45) is 0 Å². The van der Waals surface area contributed by atoms with E-state index in [-0.39, 0.29) is 30.8 Å². The highest BCUT2D eigenvalue weighted by Gasteiger charge is 2.47. The second kappa shape index (κ2) is 5.26. The maximum Gasteiger partial charge on any atom is 0.305 e. The van der Waals surface area contributed by atoms with Crippen molar-refractivity contribution in [3.05, 3.63) is 39.9 Å². The summed E-state index contributed by atoms with van der Waals surface area (Å²) in [6.07, 6.45) is 0.400. The van der Waals surface area contributed by atoms with Crippen LogP contribution in [0.4, 0.5) is 0 Å². The number of esters is 1. The van der Waals surface area contributed by atoms with Gasteiger partial charge in [-0.25, -0.2) is 0 Å². The van der Waals surface area contributed by atoms with Crippen LogP contribution in [0.3, 0.4) is 0 Å². The molecule has 2 rings (SSSR count). The van der Waals surface area contributed by atoms with Crippen LogP contribution in [0.25, 0.3) is 0 Å². The Morgan fingerprint density at radius 3 is 2.95 bits per heavy atom. The minimum Gasteiger partial charge on any atom is -0.486 e. The molecule has 0 spiro atoms. The van der Waals surface area contributed by atoms with Gasteiger partial charge in [0, 0.05) is 16.9 Å². The number of hydrogen-bond donors (Lipinski definition) is 0. The van der Waals surface area contributed by atoms with E-state index in [9.17, 15) is 14.9 Å². The summed E-state index contributed by atoms with van der Waals surface area (Å²) < 4.78 is 10.0. The van der Waals surface area contributed by atoms with E-state index in [4.69, 9.17) is 4.74 Å². The lowest BCUT2D eigenvalue weighted by Gasteiger charge is -2.30. The number of fused-ring (bicyclic) bond motifs is 1. The summed E-state index contributed by atoms with van der Waals surface area (Å²) in [7, 11) is 1.27. The smallest absolute Gasteiger partial charge is 0.305 e. The number of hydrogen-bond acceptors (Lipinski definition) is 5. The second-order valence-electron chi connectivity index (χ2n) is 4.63. The largest absolute Gasteiger partial charge is 0.486 e. The van der Waals surface area contributed by atoms with Gasteiger partial charge in [0.25, 0.3) is 5.54 Å². The van der Waals surface area contributed by atoms with Gasteiger partial charge in [0.2, 0.25) is 0 Å². The molecule has 1 unspecified atom stereocenters. The van der Waals surface area contributed by atoms with Crippen LogP contribution < -0.4 is 4.74 Å². The summed E-state index contributed by atoms with van der Waals surface area (Å²) in [6, 6.07) is 7.25. The highest BCUT2D eigenvalue weighted by atomic mass is 16.6. The number of nitrogens with zero attached hydrogens (tertiary/aromatic N) is 1. The Balaban J connectivity index is 2.19. The predicted molar refractivity (Wildman–Crippen MR) is 66.6 cm³/mol. The van der Waals surface area contributed by atoms with E-state index in [1.807, 2.05) is 18.2 Å². The molecule has 102 valence electrons. The van der Waals surface area contributed by atoms with Gasteiger partial charge in [-0.1, -0.05) is 18.2 Å². The maximum absolute atomic E-state index is 11.4. The summed E-state index contributed by atoms with van der Waals surface area (Å²) in [5.41, 5.74) is -0.446. The minimum absolute atomic E-state index is 0.0169. The molecule has 0 N–H and O–H groups in total. The van der Waals surface area contributed by atoms with Crippen LogP contribution in [0.15, 0.2) is 24.3 Å². The van der Waals surface area contributed by atoms with Crippen LogP contribution in [-0.4, -0.2) is 30.1 Å². The highest BCUT2D eigenvalue weighted by Crippen LogP contribution is 2.33. The Morgan fingerprint density at radius 1 is 1.53 bits per heavy atom. The van der Waals surface area contributed by atoms with Gasteiger partial charge in [-0.2, -0.15) is 0 Å². The SMILES string of the molecule is COC(=O)CCC1([N+](=O)[O-])COc2ccccc2C1. The Kier molecular flexibility index (Phi) is 3.69. The first kappa shape index (κ1) is 13.3. The van der Waals surface area contributed by atoms with Crippen LogP contribution in [0, 0.1) is 10.1 Å². The number of rotatable bonds is 4. The molecule has 1 atom stereocenters. The number of ether oxygens (including phenoxy) is 2. The fraction of sp³-hybridized carbons (Fsp3) is 0.462. The van der Waals surface area contributed by atoms with E-state index in [1.54, 1.807) is 6.07 Å². The first-order chi connectivity index (χ1) is 9.07. The lowest BCUT2D eigenvalue weighted by atomic mass is 9.85. The summed E-state index contributed by atoms with van der Waals surface area (Å²) in [6.45, 7) is -0.0198. The molecule has 0 aromatic heterocycles. The van der Waals surface area contributed by atoms with Gasteiger partial charge in [0.15, 0.2) is 6.61 Å². The number of nitro groups is 1. The van der Waals surface area contributed by atoms with Crippen LogP contribution in [0.2, 0.25) is 0 Å². The van der Waals surface area contributed by atoms with E-state index in [0.29, 0.717) is 5.75 Å². The van der Waals surface area contributed by atoms with Crippen molar-refractivity contribution >= 4 is 5.97 Å². The number of para-hydroxylation sites is 1. The van der Waals surface area contributed by atoms with Crippen molar-refractivity contribution in [2.45, 2.75) is 24.8 Å². The molecule has 1 aromatic carbocycles. The standard InChI is InChI=1S/C13H15NO5/c1-18-12(15)6-7-13(14(16)17)8-10-4-2-3-5-11(10)19-9-13/h2-5H,6-9H2,1H3. The maximum atomic E-state index is 11.4. The third-order valence-corrected chi connectivity index (χ3v) is 3.40. The average Bonchev–Trinajstić information content (AvgIpc) is 2.44. The molecule has 1 aromatic rings. The molecule has 0 radical (unpaired) electrons. The van der Waals surface area contributed by atoms with Crippen LogP contribution in [0.5, 0.6) is 5.75 Å². The Bertz CT molecular complexity index is 502. The lowest BCUT2D eigenvalue weighted by molar-refractivity contribution is -0.574. The van der Waals surface area contributed by atoms with E-state index in [2.05, 4.69) is 4.74 Å². The quantitative estimate of drug-likeness (QED) is 0.469. The average molecular weight is 265 g/mol. The molecule has 0 bridgehead atoms. The Labute approximate surface area is 110 Å². The van der Waals surface area contributed by atoms with Crippen LogP contribution >= 0.6 is 0 Å². The fourth-order valence-corrected chi connectivity index (χ4v) is 2.21. The molecule has 6 heteroatoms. The molecule has 0 aliphatic carbocycles. The van der Waals surface area contributed by atoms with E-state index in [0.717, 1.165) is 5.56 Å². The summed E-state index contributed by atoms with van der Waals surface area (Å²) in [5.74, 6) is 0.234. The van der Waals surface area contributed by atoms with Crippen molar-refractivity contribution in [1.29, 1.82) is 0 Å². The minimum atomic E-state index is -1.25. The third-order valence-electron chi connectivity index (χ3n) is 3.40. The molecule has 1 aliphatic heterocycles. The van der Waals surface area contributed by atoms with E-state index < -0.39 is 11.5 Å². The molecular weight excluding hydrogens is 250 g/mol. The van der Waals surface area contributed by atoms with Gasteiger partial charge in [0.05, 0.1) is 20.0 Å². The zero-order valence-electron chi connectivity index (χ0n) is 10.6. The molecule has 1 aliphatic rings. The molecule has 0 saturated carbocycles. The Morgan fingerprint density at radius 2 is 2.26 bits per heavy atom. The van der Waals surface area contributed by atoms with Gasteiger partial charge >= 0.3 is 5.97 Å². The van der Waals surface area contributed by atoms with Crippen molar-refractivity contribution in [1.82, 2.24) is 0 Å². The predicted octanol–water partition coefficient (Wildman–Crippen LogP) is 1.59. The zero-order valence-corrected chi connectivity index (χ0v) is 10.6. The zero-order chi connectivity index (χ0) is 13.9. The highest BCUT2D eigenvalue weighted by molar-refractivity contribution is 5.69. The molecule has 0 saturated heterocycles. The third kappa shape index (κ3) is 2.67. The summed E-state index contributed by atoms with van der Waals surface area (Å²) >= 11 is 0. The molecule has 6 nitrogen and oxygen atoms in total. The van der Waals surface area contributed by atoms with Gasteiger partial charge in [-0.15, -0.1) is 0 Å². The molecular formula is C13H15NO5. The number of benzene rings is 1. The fourth-order valence-electron chi connectivity index (χ4n) is 2.21. The molecule has 1 heterocycles. The van der Waals surface area contributed by atoms with Gasteiger partial charge < -0.3 is 9.47 Å². The normalized spacial score (nSPS) is 21.1. The second-order valence-corrected chi connectivity index (χ2v) is 4.63. The number of methoxy groups -OCH3 is 1. The summed E-state index contributed by atoms with van der Waals surface area (Å²) in [4.78, 5) is 22.2. The van der Waals surface area contributed by atoms with Crippen molar-refractivity contribution < 1.29 is 19.2 Å². The van der Waals surface area contributed by atoms with Crippen LogP contribution in [-0.2, 0) is 16.0 Å². The van der Waals surface area contributed by atoms with Gasteiger partial charge in [0.1, 0.15) is 5.75 Å². The van der Waals surface area contributed by atoms with E-state index in [1.165, 1.54) is 7.11 Å². The molecule has 0 amide bonds. The van der Waals surface area contributed by atoms with Crippen LogP contribution in [0.1, 0.15) is 18.4 Å². The van der Waals surface area contributed by atoms with Gasteiger partial charge in [-0.3, -0.25) is 14.9 Å². The monoisotopic (exact) mass is 265 g/mol. The number of carbonyl (C=O) groups is 1. The topological polar surface area (TPSA) is 78.7 Å². The lowest BCUT2D eigenvalue weighted by Crippen LogP contribution is -2.49. The summed E-state index contributed by atoms with van der Waals surface area (Å²) in [5, 5.41) is 11.4. The Hall–Kier alpha value is -2.11. The first-order valence-electron chi connectivity index (χ1n) is 5.99. The van der Waals surface area contributed by atoms with Crippen molar-refractivity contribution in [3.8, 4) is 5.75 Å². The van der Waals surface area contributed by atoms with Gasteiger partial charge in [-0.05, 0) is 6.07 Å². The van der Waals surface area contributed by atoms with Crippen molar-refractivity contribution in [3.63, 3.8) is 0 Å². The van der Waals surface area contributed by atoms with E-state index >= 15 is 0 Å². The number of carbonyl (C=O) groups excluding carboxylic acids is 1. The van der Waals surface area contributed by atoms with Crippen molar-refractivity contribution in [2.75, 3.05) is 13.7 Å². The first-order valence-corrected chi connectivity index (χ1v) is 5.99.